The maximum Gasteiger partial charge on any atom is 0.387 e. The molecule has 0 radical (unpaired) electrons. The van der Waals surface area contributed by atoms with E-state index >= 15 is 0 Å². The number of carbonyl (C=O) groups excluding carboxylic acids is 2. The van der Waals surface area contributed by atoms with Crippen molar-refractivity contribution in [2.75, 3.05) is 18.9 Å². The summed E-state index contributed by atoms with van der Waals surface area (Å²) in [6.45, 7) is -3.08. The fourth-order valence-electron chi connectivity index (χ4n) is 2.04. The standard InChI is InChI=1S/C17H15BrF2N2O3/c1-22(10-15(23)21-14-5-3-2-4-13(14)18)16(24)11-6-8-12(9-7-11)25-17(19)20/h2-9,17H,10H2,1H3,(H,21,23). The van der Waals surface area contributed by atoms with Crippen molar-refractivity contribution in [2.45, 2.75) is 6.61 Å². The van der Waals surface area contributed by atoms with Crippen LogP contribution in [-0.4, -0.2) is 36.9 Å². The van der Waals surface area contributed by atoms with Crippen LogP contribution in [-0.2, 0) is 4.79 Å². The predicted molar refractivity (Wildman–Crippen MR) is 92.8 cm³/mol. The van der Waals surface area contributed by atoms with Crippen molar-refractivity contribution in [3.63, 3.8) is 0 Å². The quantitative estimate of drug-likeness (QED) is 0.785. The molecule has 0 bridgehead atoms. The summed E-state index contributed by atoms with van der Waals surface area (Å²) >= 11 is 3.32. The summed E-state index contributed by atoms with van der Waals surface area (Å²) in [5, 5.41) is 2.70. The first-order valence-electron chi connectivity index (χ1n) is 7.21. The lowest BCUT2D eigenvalue weighted by Crippen LogP contribution is -2.35. The van der Waals surface area contributed by atoms with Gasteiger partial charge < -0.3 is 15.0 Å². The van der Waals surface area contributed by atoms with E-state index in [0.29, 0.717) is 5.69 Å². The van der Waals surface area contributed by atoms with Crippen molar-refractivity contribution < 1.29 is 23.1 Å². The van der Waals surface area contributed by atoms with Crippen LogP contribution in [0.4, 0.5) is 14.5 Å². The van der Waals surface area contributed by atoms with Crippen LogP contribution in [0.1, 0.15) is 10.4 Å². The first kappa shape index (κ1) is 18.9. The van der Waals surface area contributed by atoms with Crippen LogP contribution < -0.4 is 10.1 Å². The molecule has 0 aliphatic carbocycles. The zero-order valence-electron chi connectivity index (χ0n) is 13.2. The number of hydrogen-bond acceptors (Lipinski definition) is 3. The lowest BCUT2D eigenvalue weighted by molar-refractivity contribution is -0.116. The fraction of sp³-hybridized carbons (Fsp3) is 0.176. The van der Waals surface area contributed by atoms with Crippen molar-refractivity contribution in [1.82, 2.24) is 4.90 Å². The van der Waals surface area contributed by atoms with Gasteiger partial charge in [-0.2, -0.15) is 8.78 Å². The van der Waals surface area contributed by atoms with Crippen molar-refractivity contribution in [1.29, 1.82) is 0 Å². The maximum absolute atomic E-state index is 12.3. The van der Waals surface area contributed by atoms with E-state index in [-0.39, 0.29) is 23.8 Å². The highest BCUT2D eigenvalue weighted by Gasteiger charge is 2.16. The van der Waals surface area contributed by atoms with E-state index in [1.54, 1.807) is 18.2 Å². The molecule has 0 unspecified atom stereocenters. The minimum atomic E-state index is -2.93. The summed E-state index contributed by atoms with van der Waals surface area (Å²) in [6.07, 6.45) is 0. The van der Waals surface area contributed by atoms with E-state index < -0.39 is 12.5 Å². The molecule has 8 heteroatoms. The van der Waals surface area contributed by atoms with E-state index in [9.17, 15) is 18.4 Å². The number of halogens is 3. The summed E-state index contributed by atoms with van der Waals surface area (Å²) < 4.78 is 29.2. The highest BCUT2D eigenvalue weighted by molar-refractivity contribution is 9.10. The summed E-state index contributed by atoms with van der Waals surface area (Å²) in [4.78, 5) is 25.6. The third-order valence-electron chi connectivity index (χ3n) is 3.20. The van der Waals surface area contributed by atoms with Gasteiger partial charge >= 0.3 is 6.61 Å². The fourth-order valence-corrected chi connectivity index (χ4v) is 2.42. The highest BCUT2D eigenvalue weighted by Crippen LogP contribution is 2.21. The van der Waals surface area contributed by atoms with Crippen molar-refractivity contribution in [3.05, 3.63) is 58.6 Å². The minimum absolute atomic E-state index is 0.0409. The number of likely N-dealkylation sites (N-methyl/N-ethyl adjacent to an activating group) is 1. The molecule has 1 N–H and O–H groups in total. The van der Waals surface area contributed by atoms with Crippen molar-refractivity contribution in [2.24, 2.45) is 0 Å². The van der Waals surface area contributed by atoms with Gasteiger partial charge in [0, 0.05) is 17.1 Å². The molecule has 25 heavy (non-hydrogen) atoms. The van der Waals surface area contributed by atoms with Crippen molar-refractivity contribution in [3.8, 4) is 5.75 Å². The molecule has 0 saturated heterocycles. The van der Waals surface area contributed by atoms with Gasteiger partial charge in [-0.25, -0.2) is 0 Å². The maximum atomic E-state index is 12.3. The molecule has 2 rings (SSSR count). The Morgan fingerprint density at radius 2 is 1.80 bits per heavy atom. The summed E-state index contributed by atoms with van der Waals surface area (Å²) in [7, 11) is 1.48. The SMILES string of the molecule is CN(CC(=O)Nc1ccccc1Br)C(=O)c1ccc(OC(F)F)cc1. The highest BCUT2D eigenvalue weighted by atomic mass is 79.9. The predicted octanol–water partition coefficient (Wildman–Crippen LogP) is 3.76. The molecule has 0 aliphatic heterocycles. The zero-order chi connectivity index (χ0) is 18.4. The van der Waals surface area contributed by atoms with Gasteiger partial charge in [0.2, 0.25) is 5.91 Å². The number of nitrogens with zero attached hydrogens (tertiary/aromatic N) is 1. The summed E-state index contributed by atoms with van der Waals surface area (Å²) in [5.41, 5.74) is 0.861. The topological polar surface area (TPSA) is 58.6 Å². The molecular weight excluding hydrogens is 398 g/mol. The molecule has 0 atom stereocenters. The Balaban J connectivity index is 1.95. The third kappa shape index (κ3) is 5.53. The number of anilines is 1. The van der Waals surface area contributed by atoms with Crippen LogP contribution in [0.3, 0.4) is 0 Å². The van der Waals surface area contributed by atoms with Gasteiger partial charge in [-0.15, -0.1) is 0 Å². The van der Waals surface area contributed by atoms with Crippen LogP contribution in [0, 0.1) is 0 Å². The zero-order valence-corrected chi connectivity index (χ0v) is 14.8. The Hall–Kier alpha value is -2.48. The summed E-state index contributed by atoms with van der Waals surface area (Å²) in [6, 6.07) is 12.4. The van der Waals surface area contributed by atoms with Gasteiger partial charge in [-0.05, 0) is 52.3 Å². The van der Waals surface area contributed by atoms with Gasteiger partial charge in [0.1, 0.15) is 5.75 Å². The second-order valence-corrected chi connectivity index (χ2v) is 5.95. The number of amides is 2. The van der Waals surface area contributed by atoms with Crippen LogP contribution in [0.15, 0.2) is 53.0 Å². The van der Waals surface area contributed by atoms with Gasteiger partial charge in [-0.3, -0.25) is 9.59 Å². The Morgan fingerprint density at radius 1 is 1.16 bits per heavy atom. The minimum Gasteiger partial charge on any atom is -0.435 e. The third-order valence-corrected chi connectivity index (χ3v) is 3.89. The van der Waals surface area contributed by atoms with Crippen LogP contribution >= 0.6 is 15.9 Å². The molecule has 5 nitrogen and oxygen atoms in total. The number of ether oxygens (including phenoxy) is 1. The molecule has 0 spiro atoms. The summed E-state index contributed by atoms with van der Waals surface area (Å²) in [5.74, 6) is -0.813. The molecule has 2 aromatic carbocycles. The molecular formula is C17H15BrF2N2O3. The first-order chi connectivity index (χ1) is 11.9. The van der Waals surface area contributed by atoms with Crippen LogP contribution in [0.5, 0.6) is 5.75 Å². The van der Waals surface area contributed by atoms with Gasteiger partial charge in [-0.1, -0.05) is 12.1 Å². The van der Waals surface area contributed by atoms with Crippen LogP contribution in [0.25, 0.3) is 0 Å². The van der Waals surface area contributed by atoms with E-state index in [2.05, 4.69) is 26.0 Å². The molecule has 0 heterocycles. The van der Waals surface area contributed by atoms with Crippen molar-refractivity contribution >= 4 is 33.4 Å². The van der Waals surface area contributed by atoms with E-state index in [0.717, 1.165) is 4.47 Å². The van der Waals surface area contributed by atoms with E-state index in [4.69, 9.17) is 0 Å². The largest absolute Gasteiger partial charge is 0.435 e. The molecule has 132 valence electrons. The molecule has 0 aliphatic rings. The monoisotopic (exact) mass is 412 g/mol. The normalized spacial score (nSPS) is 10.4. The van der Waals surface area contributed by atoms with Gasteiger partial charge in [0.05, 0.1) is 12.2 Å². The Bertz CT molecular complexity index is 754. The molecule has 0 aromatic heterocycles. The number of carbonyl (C=O) groups is 2. The van der Waals surface area contributed by atoms with Crippen LogP contribution in [0.2, 0.25) is 0 Å². The van der Waals surface area contributed by atoms with E-state index in [1.165, 1.54) is 36.2 Å². The number of alkyl halides is 2. The second kappa shape index (κ2) is 8.57. The van der Waals surface area contributed by atoms with Gasteiger partial charge in [0.15, 0.2) is 0 Å². The first-order valence-corrected chi connectivity index (χ1v) is 8.01. The Labute approximate surface area is 151 Å². The Morgan fingerprint density at radius 3 is 2.40 bits per heavy atom. The van der Waals surface area contributed by atoms with E-state index in [1.807, 2.05) is 6.07 Å². The molecule has 0 fully saturated rings. The number of benzene rings is 2. The molecule has 2 aromatic rings. The lowest BCUT2D eigenvalue weighted by atomic mass is 10.2. The number of nitrogens with one attached hydrogen (secondary N) is 1. The lowest BCUT2D eigenvalue weighted by Gasteiger charge is -2.17. The molecule has 0 saturated carbocycles. The smallest absolute Gasteiger partial charge is 0.387 e. The number of para-hydroxylation sites is 1. The Kier molecular flexibility index (Phi) is 6.46. The average molecular weight is 413 g/mol. The average Bonchev–Trinajstić information content (AvgIpc) is 2.56. The second-order valence-electron chi connectivity index (χ2n) is 5.09. The van der Waals surface area contributed by atoms with Gasteiger partial charge in [0.25, 0.3) is 5.91 Å². The number of rotatable bonds is 6. The molecule has 2 amide bonds. The number of hydrogen-bond donors (Lipinski definition) is 1.